The average molecular weight is 372 g/mol. The predicted octanol–water partition coefficient (Wildman–Crippen LogP) is 3.42. The van der Waals surface area contributed by atoms with Crippen LogP contribution in [0, 0.1) is 6.92 Å². The molecule has 0 bridgehead atoms. The van der Waals surface area contributed by atoms with Crippen molar-refractivity contribution in [3.05, 3.63) is 40.9 Å². The molecule has 0 atom stereocenters. The molecule has 4 rings (SSSR count). The van der Waals surface area contributed by atoms with E-state index in [2.05, 4.69) is 36.6 Å². The van der Waals surface area contributed by atoms with Gasteiger partial charge in [-0.1, -0.05) is 23.8 Å². The van der Waals surface area contributed by atoms with Crippen LogP contribution in [-0.2, 0) is 20.7 Å². The molecule has 2 aliphatic heterocycles. The molecule has 1 amide bonds. The Morgan fingerprint density at radius 2 is 2.04 bits per heavy atom. The normalized spacial score (nSPS) is 19.2. The lowest BCUT2D eigenvalue weighted by atomic mass is 10.0. The van der Waals surface area contributed by atoms with Crippen LogP contribution in [0.2, 0.25) is 0 Å². The summed E-state index contributed by atoms with van der Waals surface area (Å²) < 4.78 is 11.4. The summed E-state index contributed by atoms with van der Waals surface area (Å²) in [5, 5.41) is 3.09. The van der Waals surface area contributed by atoms with Gasteiger partial charge in [0.1, 0.15) is 5.01 Å². The molecule has 1 aromatic heterocycles. The highest BCUT2D eigenvalue weighted by molar-refractivity contribution is 7.13. The van der Waals surface area contributed by atoms with Crippen LogP contribution in [0.3, 0.4) is 0 Å². The zero-order chi connectivity index (χ0) is 18.0. The third-order valence-corrected chi connectivity index (χ3v) is 6.04. The summed E-state index contributed by atoms with van der Waals surface area (Å²) in [5.74, 6) is -0.225. The Bertz CT molecular complexity index is 773. The van der Waals surface area contributed by atoms with Gasteiger partial charge in [0, 0.05) is 43.3 Å². The third kappa shape index (κ3) is 3.82. The summed E-state index contributed by atoms with van der Waals surface area (Å²) in [6, 6.07) is 8.36. The quantitative estimate of drug-likeness (QED) is 0.825. The summed E-state index contributed by atoms with van der Waals surface area (Å²) in [4.78, 5) is 19.2. The lowest BCUT2D eigenvalue weighted by Gasteiger charge is -2.37. The number of aryl methyl sites for hydroxylation is 2. The molecule has 0 unspecified atom stereocenters. The molecule has 2 aromatic rings. The Balaban J connectivity index is 1.30. The molecule has 138 valence electrons. The minimum Gasteiger partial charge on any atom is -0.347 e. The van der Waals surface area contributed by atoms with Gasteiger partial charge in [-0.2, -0.15) is 0 Å². The van der Waals surface area contributed by atoms with E-state index < -0.39 is 5.79 Å². The number of hydrogen-bond acceptors (Lipinski definition) is 5. The Kier molecular flexibility index (Phi) is 5.07. The molecule has 1 spiro atoms. The molecule has 0 saturated carbocycles. The Hall–Kier alpha value is -1.76. The molecule has 6 heteroatoms. The molecule has 5 nitrogen and oxygen atoms in total. The number of rotatable bonds is 4. The minimum atomic E-state index is -0.422. The average Bonchev–Trinajstić information content (AvgIpc) is 3.30. The summed E-state index contributed by atoms with van der Waals surface area (Å²) in [6.45, 7) is 4.85. The van der Waals surface area contributed by atoms with Crippen molar-refractivity contribution in [2.45, 2.75) is 38.4 Å². The smallest absolute Gasteiger partial charge is 0.222 e. The SMILES string of the molecule is Cc1cccc(-c2nc(CCC(=O)N3CCC4(CC3)OCCO4)cs2)c1. The van der Waals surface area contributed by atoms with E-state index in [1.54, 1.807) is 11.3 Å². The van der Waals surface area contributed by atoms with Gasteiger partial charge in [-0.15, -0.1) is 11.3 Å². The molecule has 0 radical (unpaired) electrons. The van der Waals surface area contributed by atoms with Crippen molar-refractivity contribution in [1.82, 2.24) is 9.88 Å². The van der Waals surface area contributed by atoms with Crippen molar-refractivity contribution in [1.29, 1.82) is 0 Å². The van der Waals surface area contributed by atoms with Crippen molar-refractivity contribution >= 4 is 17.2 Å². The van der Waals surface area contributed by atoms with Crippen molar-refractivity contribution < 1.29 is 14.3 Å². The lowest BCUT2D eigenvalue weighted by molar-refractivity contribution is -0.187. The van der Waals surface area contributed by atoms with Crippen LogP contribution >= 0.6 is 11.3 Å². The molecule has 0 aliphatic carbocycles. The summed E-state index contributed by atoms with van der Waals surface area (Å²) >= 11 is 1.64. The zero-order valence-corrected chi connectivity index (χ0v) is 15.9. The lowest BCUT2D eigenvalue weighted by Crippen LogP contribution is -2.47. The van der Waals surface area contributed by atoms with Gasteiger partial charge < -0.3 is 14.4 Å². The van der Waals surface area contributed by atoms with E-state index in [4.69, 9.17) is 14.5 Å². The van der Waals surface area contributed by atoms with Gasteiger partial charge in [0.2, 0.25) is 5.91 Å². The van der Waals surface area contributed by atoms with Crippen molar-refractivity contribution in [2.75, 3.05) is 26.3 Å². The van der Waals surface area contributed by atoms with E-state index in [0.29, 0.717) is 39.1 Å². The number of likely N-dealkylation sites (tertiary alicyclic amines) is 1. The highest BCUT2D eigenvalue weighted by atomic mass is 32.1. The first-order valence-electron chi connectivity index (χ1n) is 9.21. The Morgan fingerprint density at radius 3 is 2.77 bits per heavy atom. The number of aromatic nitrogens is 1. The van der Waals surface area contributed by atoms with Crippen LogP contribution < -0.4 is 0 Å². The van der Waals surface area contributed by atoms with Gasteiger partial charge in [-0.3, -0.25) is 4.79 Å². The van der Waals surface area contributed by atoms with Gasteiger partial charge in [-0.25, -0.2) is 4.98 Å². The number of thiazole rings is 1. The molecule has 0 N–H and O–H groups in total. The number of piperidine rings is 1. The standard InChI is InChI=1S/C20H24N2O3S/c1-15-3-2-4-16(13-15)19-21-17(14-26-19)5-6-18(23)22-9-7-20(8-10-22)24-11-12-25-20/h2-4,13-14H,5-12H2,1H3. The first-order valence-corrected chi connectivity index (χ1v) is 10.1. The number of carbonyl (C=O) groups is 1. The van der Waals surface area contributed by atoms with E-state index in [0.717, 1.165) is 29.1 Å². The number of ether oxygens (including phenoxy) is 2. The fourth-order valence-electron chi connectivity index (χ4n) is 3.61. The monoisotopic (exact) mass is 372 g/mol. The summed E-state index contributed by atoms with van der Waals surface area (Å²) in [5.41, 5.74) is 3.37. The van der Waals surface area contributed by atoms with Crippen LogP contribution in [0.4, 0.5) is 0 Å². The van der Waals surface area contributed by atoms with Gasteiger partial charge >= 0.3 is 0 Å². The third-order valence-electron chi connectivity index (χ3n) is 5.10. The molecule has 2 fully saturated rings. The van der Waals surface area contributed by atoms with E-state index in [-0.39, 0.29) is 5.91 Å². The highest BCUT2D eigenvalue weighted by Gasteiger charge is 2.40. The van der Waals surface area contributed by atoms with E-state index >= 15 is 0 Å². The second kappa shape index (κ2) is 7.47. The van der Waals surface area contributed by atoms with E-state index in [1.807, 2.05) is 4.90 Å². The summed E-state index contributed by atoms with van der Waals surface area (Å²) in [7, 11) is 0. The van der Waals surface area contributed by atoms with Crippen LogP contribution in [-0.4, -0.2) is 47.9 Å². The largest absolute Gasteiger partial charge is 0.347 e. The van der Waals surface area contributed by atoms with E-state index in [1.165, 1.54) is 5.56 Å². The molecular weight excluding hydrogens is 348 g/mol. The maximum absolute atomic E-state index is 12.5. The van der Waals surface area contributed by atoms with Gasteiger partial charge in [-0.05, 0) is 19.4 Å². The maximum Gasteiger partial charge on any atom is 0.222 e. The summed E-state index contributed by atoms with van der Waals surface area (Å²) in [6.07, 6.45) is 2.74. The number of hydrogen-bond donors (Lipinski definition) is 0. The van der Waals surface area contributed by atoms with Crippen LogP contribution in [0.15, 0.2) is 29.6 Å². The fourth-order valence-corrected chi connectivity index (χ4v) is 4.46. The second-order valence-corrected chi connectivity index (χ2v) is 7.86. The predicted molar refractivity (Wildman–Crippen MR) is 101 cm³/mol. The van der Waals surface area contributed by atoms with Crippen molar-refractivity contribution in [3.63, 3.8) is 0 Å². The number of amides is 1. The number of carbonyl (C=O) groups excluding carboxylic acids is 1. The van der Waals surface area contributed by atoms with Crippen LogP contribution in [0.5, 0.6) is 0 Å². The van der Waals surface area contributed by atoms with Gasteiger partial charge in [0.15, 0.2) is 5.79 Å². The van der Waals surface area contributed by atoms with E-state index in [9.17, 15) is 4.79 Å². The van der Waals surface area contributed by atoms with Gasteiger partial charge in [0.25, 0.3) is 0 Å². The molecule has 26 heavy (non-hydrogen) atoms. The molecular formula is C20H24N2O3S. The Morgan fingerprint density at radius 1 is 1.27 bits per heavy atom. The zero-order valence-electron chi connectivity index (χ0n) is 15.1. The molecule has 2 saturated heterocycles. The number of benzene rings is 1. The van der Waals surface area contributed by atoms with Crippen LogP contribution in [0.25, 0.3) is 10.6 Å². The molecule has 3 heterocycles. The van der Waals surface area contributed by atoms with Gasteiger partial charge in [0.05, 0.1) is 18.9 Å². The van der Waals surface area contributed by atoms with Crippen LogP contribution in [0.1, 0.15) is 30.5 Å². The fraction of sp³-hybridized carbons (Fsp3) is 0.500. The Labute approximate surface area is 157 Å². The topological polar surface area (TPSA) is 51.7 Å². The van der Waals surface area contributed by atoms with Crippen molar-refractivity contribution in [2.24, 2.45) is 0 Å². The first-order chi connectivity index (χ1) is 12.6. The molecule has 2 aliphatic rings. The maximum atomic E-state index is 12.5. The van der Waals surface area contributed by atoms with Crippen molar-refractivity contribution in [3.8, 4) is 10.6 Å². The molecule has 1 aromatic carbocycles. The minimum absolute atomic E-state index is 0.197. The number of nitrogens with zero attached hydrogens (tertiary/aromatic N) is 2. The first kappa shape index (κ1) is 17.6. The highest BCUT2D eigenvalue weighted by Crippen LogP contribution is 2.31. The second-order valence-electron chi connectivity index (χ2n) is 7.00.